The van der Waals surface area contributed by atoms with Crippen molar-refractivity contribution in [3.05, 3.63) is 63.3 Å². The molecule has 0 unspecified atom stereocenters. The predicted molar refractivity (Wildman–Crippen MR) is 111 cm³/mol. The second kappa shape index (κ2) is 8.43. The molecule has 28 heavy (non-hydrogen) atoms. The third-order valence-electron chi connectivity index (χ3n) is 4.86. The minimum Gasteiger partial charge on any atom is -0.337 e. The Labute approximate surface area is 173 Å². The zero-order valence-electron chi connectivity index (χ0n) is 15.7. The summed E-state index contributed by atoms with van der Waals surface area (Å²) in [6, 6.07) is 7.47. The van der Waals surface area contributed by atoms with E-state index in [9.17, 15) is 4.79 Å². The van der Waals surface area contributed by atoms with Gasteiger partial charge in [-0.15, -0.1) is 11.3 Å². The van der Waals surface area contributed by atoms with Crippen LogP contribution in [0.1, 0.15) is 27.5 Å². The Balaban J connectivity index is 1.41. The molecule has 1 aliphatic rings. The van der Waals surface area contributed by atoms with Crippen molar-refractivity contribution in [3.63, 3.8) is 0 Å². The van der Waals surface area contributed by atoms with Gasteiger partial charge in [0.25, 0.3) is 5.91 Å². The molecule has 0 aliphatic carbocycles. The average molecular weight is 416 g/mol. The zero-order chi connectivity index (χ0) is 19.5. The molecule has 6 nitrogen and oxygen atoms in total. The first-order valence-electron chi connectivity index (χ1n) is 9.32. The van der Waals surface area contributed by atoms with Gasteiger partial charge in [0, 0.05) is 44.3 Å². The summed E-state index contributed by atoms with van der Waals surface area (Å²) in [5, 5.41) is 8.14. The number of thiazole rings is 1. The SMILES string of the molecule is Cc1nc(CN2CCCN(C(=O)c3cnn(-c4ccccc4Cl)c3)CC2)cs1. The monoisotopic (exact) mass is 415 g/mol. The van der Waals surface area contributed by atoms with Gasteiger partial charge in [-0.1, -0.05) is 23.7 Å². The summed E-state index contributed by atoms with van der Waals surface area (Å²) < 4.78 is 1.66. The Hall–Kier alpha value is -2.22. The molecule has 1 amide bonds. The number of amides is 1. The maximum absolute atomic E-state index is 13.0. The van der Waals surface area contributed by atoms with Crippen molar-refractivity contribution in [1.82, 2.24) is 24.6 Å². The van der Waals surface area contributed by atoms with E-state index >= 15 is 0 Å². The molecule has 0 spiro atoms. The highest BCUT2D eigenvalue weighted by Crippen LogP contribution is 2.20. The molecule has 1 fully saturated rings. The van der Waals surface area contributed by atoms with Gasteiger partial charge in [-0.2, -0.15) is 5.10 Å². The Morgan fingerprint density at radius 3 is 2.86 bits per heavy atom. The molecular formula is C20H22ClN5OS. The highest BCUT2D eigenvalue weighted by atomic mass is 35.5. The fraction of sp³-hybridized carbons (Fsp3) is 0.350. The number of rotatable bonds is 4. The maximum Gasteiger partial charge on any atom is 0.257 e. The van der Waals surface area contributed by atoms with Gasteiger partial charge in [0.15, 0.2) is 0 Å². The van der Waals surface area contributed by atoms with Crippen LogP contribution in [0.3, 0.4) is 0 Å². The van der Waals surface area contributed by atoms with Gasteiger partial charge in [-0.05, 0) is 25.5 Å². The molecule has 1 aromatic carbocycles. The van der Waals surface area contributed by atoms with Gasteiger partial charge >= 0.3 is 0 Å². The van der Waals surface area contributed by atoms with Crippen LogP contribution in [0.15, 0.2) is 42.0 Å². The van der Waals surface area contributed by atoms with Gasteiger partial charge in [0.1, 0.15) is 0 Å². The number of hydrogen-bond acceptors (Lipinski definition) is 5. The largest absolute Gasteiger partial charge is 0.337 e. The van der Waals surface area contributed by atoms with Crippen molar-refractivity contribution in [2.45, 2.75) is 19.9 Å². The van der Waals surface area contributed by atoms with Crippen molar-refractivity contribution in [2.75, 3.05) is 26.2 Å². The second-order valence-corrected chi connectivity index (χ2v) is 8.37. The third-order valence-corrected chi connectivity index (χ3v) is 6.00. The van der Waals surface area contributed by atoms with Crippen molar-refractivity contribution < 1.29 is 4.79 Å². The molecule has 146 valence electrons. The number of aromatic nitrogens is 3. The van der Waals surface area contributed by atoms with Gasteiger partial charge in [0.05, 0.1) is 33.2 Å². The first-order chi connectivity index (χ1) is 13.6. The lowest BCUT2D eigenvalue weighted by molar-refractivity contribution is 0.0761. The Bertz CT molecular complexity index is 969. The van der Waals surface area contributed by atoms with Crippen molar-refractivity contribution >= 4 is 28.8 Å². The van der Waals surface area contributed by atoms with E-state index in [2.05, 4.69) is 20.4 Å². The van der Waals surface area contributed by atoms with Crippen molar-refractivity contribution in [1.29, 1.82) is 0 Å². The number of halogens is 1. The van der Waals surface area contributed by atoms with Crippen LogP contribution in [0.2, 0.25) is 5.02 Å². The Morgan fingerprint density at radius 1 is 1.21 bits per heavy atom. The Kier molecular flexibility index (Phi) is 5.75. The van der Waals surface area contributed by atoms with E-state index in [1.54, 1.807) is 28.4 Å². The predicted octanol–water partition coefficient (Wildman–Crippen LogP) is 3.64. The van der Waals surface area contributed by atoms with E-state index in [1.165, 1.54) is 0 Å². The maximum atomic E-state index is 13.0. The number of benzene rings is 1. The fourth-order valence-corrected chi connectivity index (χ4v) is 4.25. The summed E-state index contributed by atoms with van der Waals surface area (Å²) in [5.41, 5.74) is 2.47. The van der Waals surface area contributed by atoms with E-state index in [-0.39, 0.29) is 5.91 Å². The number of nitrogens with zero attached hydrogens (tertiary/aromatic N) is 5. The summed E-state index contributed by atoms with van der Waals surface area (Å²) >= 11 is 7.92. The van der Waals surface area contributed by atoms with Crippen LogP contribution in [0.5, 0.6) is 0 Å². The zero-order valence-corrected chi connectivity index (χ0v) is 17.3. The van der Waals surface area contributed by atoms with Crippen LogP contribution in [0.4, 0.5) is 0 Å². The van der Waals surface area contributed by atoms with Crippen LogP contribution < -0.4 is 0 Å². The summed E-state index contributed by atoms with van der Waals surface area (Å²) in [5.74, 6) is 0.0182. The number of carbonyl (C=O) groups is 1. The molecule has 0 radical (unpaired) electrons. The molecule has 1 aliphatic heterocycles. The van der Waals surface area contributed by atoms with Gasteiger partial charge in [-0.25, -0.2) is 9.67 Å². The number of aryl methyl sites for hydroxylation is 1. The molecular weight excluding hydrogens is 394 g/mol. The third kappa shape index (κ3) is 4.27. The molecule has 0 bridgehead atoms. The molecule has 0 atom stereocenters. The summed E-state index contributed by atoms with van der Waals surface area (Å²) in [7, 11) is 0. The molecule has 0 N–H and O–H groups in total. The lowest BCUT2D eigenvalue weighted by Crippen LogP contribution is -2.35. The standard InChI is InChI=1S/C20H22ClN5OS/c1-15-23-17(14-28-15)13-24-7-4-8-25(10-9-24)20(27)16-11-22-26(12-16)19-6-3-2-5-18(19)21/h2-3,5-6,11-12,14H,4,7-10,13H2,1H3. The molecule has 3 aromatic rings. The molecule has 0 saturated carbocycles. The van der Waals surface area contributed by atoms with Crippen LogP contribution in [-0.2, 0) is 6.54 Å². The van der Waals surface area contributed by atoms with E-state index < -0.39 is 0 Å². The normalized spacial score (nSPS) is 15.6. The number of carbonyl (C=O) groups excluding carboxylic acids is 1. The lowest BCUT2D eigenvalue weighted by Gasteiger charge is -2.21. The highest BCUT2D eigenvalue weighted by molar-refractivity contribution is 7.09. The van der Waals surface area contributed by atoms with E-state index in [1.807, 2.05) is 36.1 Å². The highest BCUT2D eigenvalue weighted by Gasteiger charge is 2.22. The van der Waals surface area contributed by atoms with Crippen LogP contribution in [0.25, 0.3) is 5.69 Å². The number of para-hydroxylation sites is 1. The molecule has 4 rings (SSSR count). The van der Waals surface area contributed by atoms with Crippen molar-refractivity contribution in [2.24, 2.45) is 0 Å². The van der Waals surface area contributed by atoms with Crippen molar-refractivity contribution in [3.8, 4) is 5.69 Å². The molecule has 3 heterocycles. The number of hydrogen-bond donors (Lipinski definition) is 0. The van der Waals surface area contributed by atoms with Gasteiger partial charge in [-0.3, -0.25) is 9.69 Å². The van der Waals surface area contributed by atoms with Crippen LogP contribution in [-0.4, -0.2) is 56.7 Å². The molecule has 1 saturated heterocycles. The minimum absolute atomic E-state index is 0.0182. The first-order valence-corrected chi connectivity index (χ1v) is 10.6. The van der Waals surface area contributed by atoms with E-state index in [0.29, 0.717) is 17.1 Å². The fourth-order valence-electron chi connectivity index (χ4n) is 3.43. The Morgan fingerprint density at radius 2 is 2.07 bits per heavy atom. The molecule has 8 heteroatoms. The van der Waals surface area contributed by atoms with Crippen LogP contribution in [0, 0.1) is 6.92 Å². The topological polar surface area (TPSA) is 54.3 Å². The lowest BCUT2D eigenvalue weighted by atomic mass is 10.3. The average Bonchev–Trinajstić information content (AvgIpc) is 3.26. The van der Waals surface area contributed by atoms with Crippen LogP contribution >= 0.6 is 22.9 Å². The summed E-state index contributed by atoms with van der Waals surface area (Å²) in [4.78, 5) is 21.8. The summed E-state index contributed by atoms with van der Waals surface area (Å²) in [6.45, 7) is 6.15. The second-order valence-electron chi connectivity index (χ2n) is 6.90. The first kappa shape index (κ1) is 19.1. The smallest absolute Gasteiger partial charge is 0.257 e. The minimum atomic E-state index is 0.0182. The summed E-state index contributed by atoms with van der Waals surface area (Å²) in [6.07, 6.45) is 4.32. The van der Waals surface area contributed by atoms with E-state index in [0.717, 1.165) is 49.0 Å². The molecule has 2 aromatic heterocycles. The quantitative estimate of drug-likeness (QED) is 0.652. The van der Waals surface area contributed by atoms with Gasteiger partial charge in [0.2, 0.25) is 0 Å². The van der Waals surface area contributed by atoms with E-state index in [4.69, 9.17) is 11.6 Å². The van der Waals surface area contributed by atoms with Gasteiger partial charge < -0.3 is 4.90 Å².